The van der Waals surface area contributed by atoms with E-state index in [-0.39, 0.29) is 5.91 Å². The van der Waals surface area contributed by atoms with Gasteiger partial charge in [0.2, 0.25) is 0 Å². The van der Waals surface area contributed by atoms with Gasteiger partial charge in [0.05, 0.1) is 11.4 Å². The summed E-state index contributed by atoms with van der Waals surface area (Å²) in [6.07, 6.45) is 0. The van der Waals surface area contributed by atoms with Gasteiger partial charge in [0.15, 0.2) is 0 Å². The maximum absolute atomic E-state index is 12.2. The Morgan fingerprint density at radius 3 is 2.60 bits per heavy atom. The van der Waals surface area contributed by atoms with Gasteiger partial charge >= 0.3 is 0 Å². The zero-order chi connectivity index (χ0) is 14.7. The predicted molar refractivity (Wildman–Crippen MR) is 84.6 cm³/mol. The quantitative estimate of drug-likeness (QED) is 0.853. The highest BCUT2D eigenvalue weighted by Crippen LogP contribution is 2.23. The van der Waals surface area contributed by atoms with Gasteiger partial charge in [-0.3, -0.25) is 4.79 Å². The molecule has 3 N–H and O–H groups in total. The van der Waals surface area contributed by atoms with Crippen molar-refractivity contribution in [3.8, 4) is 0 Å². The molecule has 0 atom stereocenters. The summed E-state index contributed by atoms with van der Waals surface area (Å²) in [5, 5.41) is 3.32. The highest BCUT2D eigenvalue weighted by atomic mass is 35.5. The Kier molecular flexibility index (Phi) is 4.15. The normalized spacial score (nSPS) is 10.2. The smallest absolute Gasteiger partial charge is 0.255 e. The van der Waals surface area contributed by atoms with E-state index in [1.807, 2.05) is 37.2 Å². The van der Waals surface area contributed by atoms with Crippen molar-refractivity contribution in [3.63, 3.8) is 0 Å². The SMILES string of the molecule is CN(C)c1cccc(C(=O)Nc2ccc(Cl)cc2N)c1. The van der Waals surface area contributed by atoms with E-state index in [1.165, 1.54) is 0 Å². The second kappa shape index (κ2) is 5.84. The van der Waals surface area contributed by atoms with Crippen molar-refractivity contribution in [1.82, 2.24) is 0 Å². The Labute approximate surface area is 123 Å². The standard InChI is InChI=1S/C15H16ClN3O/c1-19(2)12-5-3-4-10(8-12)15(20)18-14-7-6-11(16)9-13(14)17/h3-9H,17H2,1-2H3,(H,18,20). The number of benzene rings is 2. The van der Waals surface area contributed by atoms with Gasteiger partial charge in [0.25, 0.3) is 5.91 Å². The van der Waals surface area contributed by atoms with E-state index in [2.05, 4.69) is 5.32 Å². The first-order valence-electron chi connectivity index (χ1n) is 6.11. The van der Waals surface area contributed by atoms with Crippen LogP contribution in [0.1, 0.15) is 10.4 Å². The molecule has 2 aromatic carbocycles. The number of carbonyl (C=O) groups is 1. The molecule has 0 radical (unpaired) electrons. The first-order valence-corrected chi connectivity index (χ1v) is 6.49. The molecule has 0 saturated heterocycles. The minimum absolute atomic E-state index is 0.206. The van der Waals surface area contributed by atoms with Crippen molar-refractivity contribution >= 4 is 34.6 Å². The molecule has 0 bridgehead atoms. The number of nitrogens with one attached hydrogen (secondary N) is 1. The van der Waals surface area contributed by atoms with Gasteiger partial charge in [-0.1, -0.05) is 17.7 Å². The van der Waals surface area contributed by atoms with Crippen LogP contribution in [0, 0.1) is 0 Å². The zero-order valence-electron chi connectivity index (χ0n) is 11.4. The third-order valence-corrected chi connectivity index (χ3v) is 3.12. The van der Waals surface area contributed by atoms with Crippen LogP contribution in [0.15, 0.2) is 42.5 Å². The molecular formula is C15H16ClN3O. The number of halogens is 1. The van der Waals surface area contributed by atoms with Crippen molar-refractivity contribution in [2.75, 3.05) is 30.0 Å². The molecular weight excluding hydrogens is 274 g/mol. The van der Waals surface area contributed by atoms with Gasteiger partial charge in [0, 0.05) is 30.4 Å². The van der Waals surface area contributed by atoms with E-state index in [0.717, 1.165) is 5.69 Å². The number of hydrogen-bond donors (Lipinski definition) is 2. The zero-order valence-corrected chi connectivity index (χ0v) is 12.1. The topological polar surface area (TPSA) is 58.4 Å². The van der Waals surface area contributed by atoms with Crippen LogP contribution in [0.3, 0.4) is 0 Å². The molecule has 0 unspecified atom stereocenters. The molecule has 0 spiro atoms. The predicted octanol–water partition coefficient (Wildman–Crippen LogP) is 3.24. The largest absolute Gasteiger partial charge is 0.397 e. The van der Waals surface area contributed by atoms with Crippen LogP contribution in [-0.4, -0.2) is 20.0 Å². The minimum atomic E-state index is -0.206. The van der Waals surface area contributed by atoms with Gasteiger partial charge in [-0.2, -0.15) is 0 Å². The summed E-state index contributed by atoms with van der Waals surface area (Å²) in [6.45, 7) is 0. The lowest BCUT2D eigenvalue weighted by molar-refractivity contribution is 0.102. The van der Waals surface area contributed by atoms with Crippen molar-refractivity contribution in [2.45, 2.75) is 0 Å². The molecule has 0 aliphatic rings. The number of anilines is 3. The number of rotatable bonds is 3. The molecule has 0 aliphatic heterocycles. The Balaban J connectivity index is 2.21. The summed E-state index contributed by atoms with van der Waals surface area (Å²) in [5.41, 5.74) is 8.34. The van der Waals surface area contributed by atoms with Crippen LogP contribution in [-0.2, 0) is 0 Å². The maximum Gasteiger partial charge on any atom is 0.255 e. The Bertz CT molecular complexity index is 641. The number of nitrogens with two attached hydrogens (primary N) is 1. The van der Waals surface area contributed by atoms with Crippen molar-refractivity contribution in [3.05, 3.63) is 53.1 Å². The third kappa shape index (κ3) is 3.22. The Morgan fingerprint density at radius 2 is 1.95 bits per heavy atom. The maximum atomic E-state index is 12.2. The summed E-state index contributed by atoms with van der Waals surface area (Å²) in [7, 11) is 3.85. The summed E-state index contributed by atoms with van der Waals surface area (Å²) < 4.78 is 0. The lowest BCUT2D eigenvalue weighted by atomic mass is 10.1. The van der Waals surface area contributed by atoms with Crippen LogP contribution >= 0.6 is 11.6 Å². The first-order chi connectivity index (χ1) is 9.47. The van der Waals surface area contributed by atoms with Gasteiger partial charge in [-0.15, -0.1) is 0 Å². The molecule has 0 fully saturated rings. The molecule has 2 aromatic rings. The molecule has 20 heavy (non-hydrogen) atoms. The number of nitrogen functional groups attached to an aromatic ring is 1. The summed E-state index contributed by atoms with van der Waals surface area (Å²) in [5.74, 6) is -0.206. The first kappa shape index (κ1) is 14.2. The van der Waals surface area contributed by atoms with Gasteiger partial charge in [0.1, 0.15) is 0 Å². The molecule has 4 nitrogen and oxygen atoms in total. The van der Waals surface area contributed by atoms with E-state index < -0.39 is 0 Å². The van der Waals surface area contributed by atoms with E-state index >= 15 is 0 Å². The van der Waals surface area contributed by atoms with Gasteiger partial charge < -0.3 is 16.0 Å². The molecule has 0 heterocycles. The van der Waals surface area contributed by atoms with Crippen LogP contribution in [0.2, 0.25) is 5.02 Å². The lowest BCUT2D eigenvalue weighted by Crippen LogP contribution is -2.15. The summed E-state index contributed by atoms with van der Waals surface area (Å²) in [4.78, 5) is 14.1. The molecule has 2 rings (SSSR count). The van der Waals surface area contributed by atoms with Crippen LogP contribution in [0.25, 0.3) is 0 Å². The number of carbonyl (C=O) groups excluding carboxylic acids is 1. The highest BCUT2D eigenvalue weighted by Gasteiger charge is 2.09. The average Bonchev–Trinajstić information content (AvgIpc) is 2.42. The van der Waals surface area contributed by atoms with E-state index in [1.54, 1.807) is 24.3 Å². The van der Waals surface area contributed by atoms with Crippen LogP contribution in [0.4, 0.5) is 17.1 Å². The fraction of sp³-hybridized carbons (Fsp3) is 0.133. The fourth-order valence-corrected chi connectivity index (χ4v) is 1.95. The van der Waals surface area contributed by atoms with E-state index in [0.29, 0.717) is 22.0 Å². The Morgan fingerprint density at radius 1 is 1.20 bits per heavy atom. The molecule has 5 heteroatoms. The Hall–Kier alpha value is -2.20. The number of nitrogens with zero attached hydrogens (tertiary/aromatic N) is 1. The van der Waals surface area contributed by atoms with E-state index in [9.17, 15) is 4.79 Å². The number of hydrogen-bond acceptors (Lipinski definition) is 3. The van der Waals surface area contributed by atoms with Gasteiger partial charge in [-0.25, -0.2) is 0 Å². The third-order valence-electron chi connectivity index (χ3n) is 2.89. The monoisotopic (exact) mass is 289 g/mol. The summed E-state index contributed by atoms with van der Waals surface area (Å²) in [6, 6.07) is 12.3. The fourth-order valence-electron chi connectivity index (χ4n) is 1.77. The highest BCUT2D eigenvalue weighted by molar-refractivity contribution is 6.31. The van der Waals surface area contributed by atoms with Crippen molar-refractivity contribution in [2.24, 2.45) is 0 Å². The van der Waals surface area contributed by atoms with Crippen molar-refractivity contribution in [1.29, 1.82) is 0 Å². The van der Waals surface area contributed by atoms with Crippen LogP contribution in [0.5, 0.6) is 0 Å². The van der Waals surface area contributed by atoms with Crippen LogP contribution < -0.4 is 16.0 Å². The molecule has 0 saturated carbocycles. The van der Waals surface area contributed by atoms with Crippen molar-refractivity contribution < 1.29 is 4.79 Å². The second-order valence-electron chi connectivity index (χ2n) is 4.63. The van der Waals surface area contributed by atoms with Gasteiger partial charge in [-0.05, 0) is 36.4 Å². The summed E-state index contributed by atoms with van der Waals surface area (Å²) >= 11 is 5.83. The molecule has 1 amide bonds. The molecule has 104 valence electrons. The van der Waals surface area contributed by atoms with E-state index in [4.69, 9.17) is 17.3 Å². The molecule has 0 aliphatic carbocycles. The lowest BCUT2D eigenvalue weighted by Gasteiger charge is -2.14. The number of amides is 1. The molecule has 0 aromatic heterocycles. The average molecular weight is 290 g/mol. The minimum Gasteiger partial charge on any atom is -0.397 e. The second-order valence-corrected chi connectivity index (χ2v) is 5.07.